The molecule has 0 aliphatic carbocycles. The van der Waals surface area contributed by atoms with Crippen molar-refractivity contribution in [3.8, 4) is 0 Å². The SMILES string of the molecule is CCC1CC(=O)NC(C)C1. The summed E-state index contributed by atoms with van der Waals surface area (Å²) in [5.41, 5.74) is 0. The molecule has 1 N–H and O–H groups in total. The van der Waals surface area contributed by atoms with E-state index in [0.29, 0.717) is 12.0 Å². The summed E-state index contributed by atoms with van der Waals surface area (Å²) in [4.78, 5) is 10.9. The molecule has 0 radical (unpaired) electrons. The summed E-state index contributed by atoms with van der Waals surface area (Å²) in [5, 5.41) is 2.90. The van der Waals surface area contributed by atoms with Crippen molar-refractivity contribution in [1.82, 2.24) is 5.32 Å². The van der Waals surface area contributed by atoms with Gasteiger partial charge in [0.15, 0.2) is 0 Å². The maximum absolute atomic E-state index is 10.9. The Bertz CT molecular complexity index is 133. The summed E-state index contributed by atoms with van der Waals surface area (Å²) >= 11 is 0. The van der Waals surface area contributed by atoms with Crippen LogP contribution in [0.1, 0.15) is 33.1 Å². The molecule has 1 aliphatic rings. The van der Waals surface area contributed by atoms with Gasteiger partial charge in [0.1, 0.15) is 0 Å². The lowest BCUT2D eigenvalue weighted by Crippen LogP contribution is -2.40. The first-order chi connectivity index (χ1) is 4.72. The van der Waals surface area contributed by atoms with E-state index >= 15 is 0 Å². The number of nitrogens with one attached hydrogen (secondary N) is 1. The molecule has 58 valence electrons. The zero-order valence-electron chi connectivity index (χ0n) is 6.68. The first-order valence-corrected chi connectivity index (χ1v) is 4.01. The monoisotopic (exact) mass is 141 g/mol. The van der Waals surface area contributed by atoms with Crippen molar-refractivity contribution in [1.29, 1.82) is 0 Å². The standard InChI is InChI=1S/C8H15NO/c1-3-7-4-6(2)9-8(10)5-7/h6-7H,3-5H2,1-2H3,(H,9,10). The van der Waals surface area contributed by atoms with Gasteiger partial charge in [0.25, 0.3) is 0 Å². The lowest BCUT2D eigenvalue weighted by Gasteiger charge is -2.26. The molecule has 1 aliphatic heterocycles. The third kappa shape index (κ3) is 1.72. The Labute approximate surface area is 62.0 Å². The van der Waals surface area contributed by atoms with Gasteiger partial charge in [0, 0.05) is 12.5 Å². The highest BCUT2D eigenvalue weighted by molar-refractivity contribution is 5.77. The minimum Gasteiger partial charge on any atom is -0.354 e. The molecule has 0 bridgehead atoms. The molecule has 2 nitrogen and oxygen atoms in total. The van der Waals surface area contributed by atoms with E-state index < -0.39 is 0 Å². The second-order valence-corrected chi connectivity index (χ2v) is 3.18. The van der Waals surface area contributed by atoms with Gasteiger partial charge in [-0.15, -0.1) is 0 Å². The predicted molar refractivity (Wildman–Crippen MR) is 40.6 cm³/mol. The Kier molecular flexibility index (Phi) is 2.30. The van der Waals surface area contributed by atoms with Gasteiger partial charge in [-0.25, -0.2) is 0 Å². The van der Waals surface area contributed by atoms with E-state index in [0.717, 1.165) is 19.3 Å². The Hall–Kier alpha value is -0.530. The average Bonchev–Trinajstić information content (AvgIpc) is 1.85. The summed E-state index contributed by atoms with van der Waals surface area (Å²) < 4.78 is 0. The quantitative estimate of drug-likeness (QED) is 0.586. The lowest BCUT2D eigenvalue weighted by molar-refractivity contribution is -0.124. The van der Waals surface area contributed by atoms with Crippen molar-refractivity contribution in [2.75, 3.05) is 0 Å². The van der Waals surface area contributed by atoms with Crippen LogP contribution in [0.15, 0.2) is 0 Å². The van der Waals surface area contributed by atoms with Crippen LogP contribution in [0.4, 0.5) is 0 Å². The van der Waals surface area contributed by atoms with Crippen LogP contribution in [-0.4, -0.2) is 11.9 Å². The fraction of sp³-hybridized carbons (Fsp3) is 0.875. The van der Waals surface area contributed by atoms with Crippen molar-refractivity contribution < 1.29 is 4.79 Å². The zero-order chi connectivity index (χ0) is 7.56. The summed E-state index contributed by atoms with van der Waals surface area (Å²) in [5.74, 6) is 0.856. The largest absolute Gasteiger partial charge is 0.354 e. The first-order valence-electron chi connectivity index (χ1n) is 4.01. The fourth-order valence-electron chi connectivity index (χ4n) is 1.55. The molecule has 10 heavy (non-hydrogen) atoms. The van der Waals surface area contributed by atoms with Crippen molar-refractivity contribution in [2.24, 2.45) is 5.92 Å². The van der Waals surface area contributed by atoms with E-state index in [-0.39, 0.29) is 5.91 Å². The molecule has 1 amide bonds. The minimum absolute atomic E-state index is 0.227. The van der Waals surface area contributed by atoms with Gasteiger partial charge < -0.3 is 5.32 Å². The molecule has 0 aromatic carbocycles. The predicted octanol–water partition coefficient (Wildman–Crippen LogP) is 1.31. The summed E-state index contributed by atoms with van der Waals surface area (Å²) in [6.45, 7) is 4.22. The Morgan fingerprint density at radius 3 is 2.90 bits per heavy atom. The van der Waals surface area contributed by atoms with Crippen molar-refractivity contribution >= 4 is 5.91 Å². The molecule has 1 rings (SSSR count). The first kappa shape index (κ1) is 7.58. The summed E-state index contributed by atoms with van der Waals surface area (Å²) in [7, 11) is 0. The molecule has 1 saturated heterocycles. The third-order valence-corrected chi connectivity index (χ3v) is 2.15. The molecular weight excluding hydrogens is 126 g/mol. The van der Waals surface area contributed by atoms with E-state index in [2.05, 4.69) is 19.2 Å². The van der Waals surface area contributed by atoms with Crippen LogP contribution in [0, 0.1) is 5.92 Å². The molecule has 2 unspecified atom stereocenters. The van der Waals surface area contributed by atoms with Gasteiger partial charge >= 0.3 is 0 Å². The molecule has 1 fully saturated rings. The second-order valence-electron chi connectivity index (χ2n) is 3.18. The number of hydrogen-bond acceptors (Lipinski definition) is 1. The smallest absolute Gasteiger partial charge is 0.220 e. The Balaban J connectivity index is 2.42. The van der Waals surface area contributed by atoms with Gasteiger partial charge in [-0.3, -0.25) is 4.79 Å². The molecule has 0 aromatic rings. The number of carbonyl (C=O) groups is 1. The number of piperidine rings is 1. The topological polar surface area (TPSA) is 29.1 Å². The van der Waals surface area contributed by atoms with Crippen molar-refractivity contribution in [3.63, 3.8) is 0 Å². The average molecular weight is 141 g/mol. The molecule has 2 atom stereocenters. The summed E-state index contributed by atoms with van der Waals surface area (Å²) in [6.07, 6.45) is 3.03. The van der Waals surface area contributed by atoms with E-state index in [1.165, 1.54) is 0 Å². The van der Waals surface area contributed by atoms with Gasteiger partial charge in [0.05, 0.1) is 0 Å². The van der Waals surface area contributed by atoms with Crippen LogP contribution in [-0.2, 0) is 4.79 Å². The minimum atomic E-state index is 0.227. The third-order valence-electron chi connectivity index (χ3n) is 2.15. The summed E-state index contributed by atoms with van der Waals surface area (Å²) in [6, 6.07) is 0.395. The molecule has 2 heteroatoms. The highest BCUT2D eigenvalue weighted by Crippen LogP contribution is 2.19. The Morgan fingerprint density at radius 2 is 2.40 bits per heavy atom. The maximum atomic E-state index is 10.9. The number of amides is 1. The van der Waals surface area contributed by atoms with E-state index in [4.69, 9.17) is 0 Å². The highest BCUT2D eigenvalue weighted by atomic mass is 16.1. The van der Waals surface area contributed by atoms with Crippen LogP contribution in [0.25, 0.3) is 0 Å². The van der Waals surface area contributed by atoms with Crippen LogP contribution < -0.4 is 5.32 Å². The number of hydrogen-bond donors (Lipinski definition) is 1. The van der Waals surface area contributed by atoms with Crippen LogP contribution in [0.5, 0.6) is 0 Å². The van der Waals surface area contributed by atoms with Gasteiger partial charge in [-0.1, -0.05) is 13.3 Å². The lowest BCUT2D eigenvalue weighted by atomic mass is 9.91. The van der Waals surface area contributed by atoms with Crippen LogP contribution >= 0.6 is 0 Å². The molecule has 0 aromatic heterocycles. The van der Waals surface area contributed by atoms with E-state index in [9.17, 15) is 4.79 Å². The molecule has 1 heterocycles. The van der Waals surface area contributed by atoms with Gasteiger partial charge in [-0.05, 0) is 19.3 Å². The normalized spacial score (nSPS) is 33.6. The number of rotatable bonds is 1. The van der Waals surface area contributed by atoms with Crippen LogP contribution in [0.3, 0.4) is 0 Å². The molecule has 0 spiro atoms. The molecule has 0 saturated carbocycles. The fourth-order valence-corrected chi connectivity index (χ4v) is 1.55. The van der Waals surface area contributed by atoms with E-state index in [1.807, 2.05) is 0 Å². The zero-order valence-corrected chi connectivity index (χ0v) is 6.68. The van der Waals surface area contributed by atoms with Crippen molar-refractivity contribution in [3.05, 3.63) is 0 Å². The van der Waals surface area contributed by atoms with Gasteiger partial charge in [0.2, 0.25) is 5.91 Å². The highest BCUT2D eigenvalue weighted by Gasteiger charge is 2.21. The van der Waals surface area contributed by atoms with Crippen molar-refractivity contribution in [2.45, 2.75) is 39.2 Å². The van der Waals surface area contributed by atoms with E-state index in [1.54, 1.807) is 0 Å². The van der Waals surface area contributed by atoms with Gasteiger partial charge in [-0.2, -0.15) is 0 Å². The number of carbonyl (C=O) groups excluding carboxylic acids is 1. The molecular formula is C8H15NO. The second kappa shape index (κ2) is 3.04. The van der Waals surface area contributed by atoms with Crippen LogP contribution in [0.2, 0.25) is 0 Å². The Morgan fingerprint density at radius 1 is 1.70 bits per heavy atom. The maximum Gasteiger partial charge on any atom is 0.220 e.